The summed E-state index contributed by atoms with van der Waals surface area (Å²) < 4.78 is 49.6. The summed E-state index contributed by atoms with van der Waals surface area (Å²) in [4.78, 5) is 31.6. The number of ether oxygens (including phenoxy) is 2. The number of nitrogens with two attached hydrogens (primary N) is 1. The fraction of sp³-hybridized carbons (Fsp3) is 0.706. The minimum Gasteiger partial charge on any atom is -0.394 e. The molecule has 4 heterocycles. The number of hydrogen-bond donors (Lipinski definition) is 10. The number of fused-ring (bicyclic) bond motifs is 1. The van der Waals surface area contributed by atoms with E-state index in [4.69, 9.17) is 20.3 Å². The van der Waals surface area contributed by atoms with E-state index >= 15 is 0 Å². The topological polar surface area (TPSA) is 332 Å². The largest absolute Gasteiger partial charge is 0.483 e. The highest BCUT2D eigenvalue weighted by Gasteiger charge is 2.51. The van der Waals surface area contributed by atoms with E-state index in [1.807, 2.05) is 0 Å². The molecule has 23 heteroatoms. The van der Waals surface area contributed by atoms with Crippen molar-refractivity contribution < 1.29 is 77.5 Å². The van der Waals surface area contributed by atoms with Gasteiger partial charge in [-0.1, -0.05) is 0 Å². The van der Waals surface area contributed by atoms with Crippen molar-refractivity contribution in [3.05, 3.63) is 12.7 Å². The van der Waals surface area contributed by atoms with Crippen LogP contribution in [0.25, 0.3) is 11.2 Å². The monoisotopic (exact) mass is 619 g/mol. The van der Waals surface area contributed by atoms with Gasteiger partial charge in [-0.15, -0.1) is 0 Å². The summed E-state index contributed by atoms with van der Waals surface area (Å²) in [7, 11) is -11.2. The van der Waals surface area contributed by atoms with Crippen LogP contribution < -0.4 is 5.73 Å². The summed E-state index contributed by atoms with van der Waals surface area (Å²) in [5.74, 6) is 0.0302. The molecule has 2 aliphatic rings. The maximum Gasteiger partial charge on any atom is 0.483 e. The average Bonchev–Trinajstić information content (AvgIpc) is 3.43. The van der Waals surface area contributed by atoms with Crippen LogP contribution in [0.5, 0.6) is 0 Å². The van der Waals surface area contributed by atoms with E-state index in [2.05, 4.69) is 28.3 Å². The SMILES string of the molecule is Nc1ncnc2c1ncn2[C@@H]1O[C@H](COP(=O)(O)OP(=O)(O)O[C@@H]2OC([C@H](O)CO)[C@@H](O)[C@H](O)C2O)[C@H](O)C1O. The van der Waals surface area contributed by atoms with Crippen molar-refractivity contribution >= 4 is 32.6 Å². The van der Waals surface area contributed by atoms with Gasteiger partial charge in [0.05, 0.1) is 19.5 Å². The van der Waals surface area contributed by atoms with E-state index in [1.165, 1.54) is 10.9 Å². The highest BCUT2D eigenvalue weighted by atomic mass is 31.3. The highest BCUT2D eigenvalue weighted by molar-refractivity contribution is 7.61. The van der Waals surface area contributed by atoms with Crippen LogP contribution in [-0.4, -0.2) is 133 Å². The van der Waals surface area contributed by atoms with Gasteiger partial charge in [-0.2, -0.15) is 4.31 Å². The number of nitrogens with zero attached hydrogens (tertiary/aromatic N) is 4. The third-order valence-corrected chi connectivity index (χ3v) is 8.62. The lowest BCUT2D eigenvalue weighted by atomic mass is 9.96. The van der Waals surface area contributed by atoms with Crippen LogP contribution in [0.15, 0.2) is 12.7 Å². The number of nitrogen functional groups attached to an aromatic ring is 1. The van der Waals surface area contributed by atoms with Crippen molar-refractivity contribution in [1.29, 1.82) is 0 Å². The third kappa shape index (κ3) is 6.35. The second-order valence-electron chi connectivity index (χ2n) is 8.74. The number of anilines is 1. The summed E-state index contributed by atoms with van der Waals surface area (Å²) in [6, 6.07) is 0. The third-order valence-electron chi connectivity index (χ3n) is 6.02. The maximum atomic E-state index is 12.3. The van der Waals surface area contributed by atoms with E-state index in [1.54, 1.807) is 0 Å². The molecule has 0 aromatic carbocycles. The fourth-order valence-electron chi connectivity index (χ4n) is 4.01. The second-order valence-corrected chi connectivity index (χ2v) is 11.7. The Morgan fingerprint density at radius 1 is 0.975 bits per heavy atom. The minimum atomic E-state index is -5.65. The van der Waals surface area contributed by atoms with Gasteiger partial charge in [-0.3, -0.25) is 13.6 Å². The van der Waals surface area contributed by atoms with Crippen molar-refractivity contribution in [2.45, 2.75) is 61.3 Å². The molecular formula is C17H27N5O16P2. The van der Waals surface area contributed by atoms with E-state index in [0.717, 1.165) is 6.33 Å². The lowest BCUT2D eigenvalue weighted by Crippen LogP contribution is -2.61. The van der Waals surface area contributed by atoms with Crippen LogP contribution in [0, 0.1) is 0 Å². The molecule has 2 aromatic heterocycles. The predicted octanol–water partition coefficient (Wildman–Crippen LogP) is -4.56. The number of aliphatic hydroxyl groups excluding tert-OH is 7. The Morgan fingerprint density at radius 3 is 2.35 bits per heavy atom. The molecule has 0 saturated carbocycles. The molecule has 21 nitrogen and oxygen atoms in total. The number of aliphatic hydroxyl groups is 7. The van der Waals surface area contributed by atoms with Gasteiger partial charge < -0.3 is 60.7 Å². The Bertz CT molecular complexity index is 1290. The molecule has 2 fully saturated rings. The molecule has 11 N–H and O–H groups in total. The molecule has 12 atom stereocenters. The summed E-state index contributed by atoms with van der Waals surface area (Å²) >= 11 is 0. The molecule has 226 valence electrons. The molecular weight excluding hydrogens is 592 g/mol. The van der Waals surface area contributed by atoms with Crippen molar-refractivity contribution in [2.24, 2.45) is 0 Å². The van der Waals surface area contributed by atoms with E-state index in [0.29, 0.717) is 0 Å². The zero-order valence-electron chi connectivity index (χ0n) is 20.0. The molecule has 0 amide bonds. The molecule has 2 saturated heterocycles. The van der Waals surface area contributed by atoms with Gasteiger partial charge in [0, 0.05) is 0 Å². The summed E-state index contributed by atoms with van der Waals surface area (Å²) in [5, 5.41) is 69.3. The summed E-state index contributed by atoms with van der Waals surface area (Å²) in [6.07, 6.45) is -16.0. The van der Waals surface area contributed by atoms with Crippen molar-refractivity contribution in [2.75, 3.05) is 18.9 Å². The molecule has 0 radical (unpaired) electrons. The minimum absolute atomic E-state index is 0.0302. The lowest BCUT2D eigenvalue weighted by molar-refractivity contribution is -0.292. The van der Waals surface area contributed by atoms with Crippen LogP contribution in [0.1, 0.15) is 6.23 Å². The van der Waals surface area contributed by atoms with Crippen molar-refractivity contribution in [1.82, 2.24) is 19.5 Å². The molecule has 4 rings (SSSR count). The van der Waals surface area contributed by atoms with Gasteiger partial charge in [0.15, 0.2) is 24.0 Å². The van der Waals surface area contributed by atoms with Crippen LogP contribution >= 0.6 is 15.6 Å². The van der Waals surface area contributed by atoms with Crippen molar-refractivity contribution in [3.63, 3.8) is 0 Å². The first-order valence-corrected chi connectivity index (χ1v) is 14.3. The van der Waals surface area contributed by atoms with Gasteiger partial charge in [0.25, 0.3) is 0 Å². The predicted molar refractivity (Wildman–Crippen MR) is 123 cm³/mol. The van der Waals surface area contributed by atoms with Gasteiger partial charge in [-0.25, -0.2) is 24.1 Å². The van der Waals surface area contributed by atoms with Gasteiger partial charge >= 0.3 is 15.6 Å². The lowest BCUT2D eigenvalue weighted by Gasteiger charge is -2.41. The smallest absolute Gasteiger partial charge is 0.394 e. The Labute approximate surface area is 223 Å². The molecule has 2 aromatic rings. The molecule has 40 heavy (non-hydrogen) atoms. The number of hydrogen-bond acceptors (Lipinski definition) is 18. The second kappa shape index (κ2) is 11.9. The Morgan fingerprint density at radius 2 is 1.68 bits per heavy atom. The zero-order chi connectivity index (χ0) is 29.6. The Balaban J connectivity index is 1.38. The Kier molecular flexibility index (Phi) is 9.25. The van der Waals surface area contributed by atoms with Crippen molar-refractivity contribution in [3.8, 4) is 0 Å². The first-order valence-electron chi connectivity index (χ1n) is 11.3. The molecule has 2 aliphatic heterocycles. The standard InChI is InChI=1S/C17H27N5O16P2/c18-14-7-15(20-3-19-14)22(4-21-7)16-11(28)8(25)6(35-16)2-34-39(30,31)38-40(32,33)37-17-12(29)9(26)10(27)13(36-17)5(24)1-23/h3-6,8-13,16-17,23-29H,1-2H2,(H,30,31)(H,32,33)(H2,18,19,20)/t5-,6-,8+,9+,10+,11?,12?,13?,16-,17+/m1/s1. The van der Waals surface area contributed by atoms with E-state index in [-0.39, 0.29) is 17.0 Å². The maximum absolute atomic E-state index is 12.3. The quantitative estimate of drug-likeness (QED) is 0.112. The first-order chi connectivity index (χ1) is 18.7. The fourth-order valence-corrected chi connectivity index (χ4v) is 6.17. The van der Waals surface area contributed by atoms with E-state index < -0.39 is 90.2 Å². The number of imidazole rings is 1. The van der Waals surface area contributed by atoms with Gasteiger partial charge in [0.1, 0.15) is 60.7 Å². The van der Waals surface area contributed by atoms with Crippen LogP contribution in [-0.2, 0) is 32.0 Å². The summed E-state index contributed by atoms with van der Waals surface area (Å²) in [6.45, 7) is -1.95. The average molecular weight is 619 g/mol. The summed E-state index contributed by atoms with van der Waals surface area (Å²) in [5.41, 5.74) is 6.03. The normalized spacial score (nSPS) is 36.8. The first kappa shape index (κ1) is 31.2. The number of phosphoric ester groups is 2. The molecule has 0 spiro atoms. The molecule has 0 aliphatic carbocycles. The van der Waals surface area contributed by atoms with Crippen LogP contribution in [0.4, 0.5) is 5.82 Å². The van der Waals surface area contributed by atoms with Gasteiger partial charge in [-0.05, 0) is 0 Å². The van der Waals surface area contributed by atoms with Crippen LogP contribution in [0.3, 0.4) is 0 Å². The Hall–Kier alpha value is -1.75. The molecule has 5 unspecified atom stereocenters. The van der Waals surface area contributed by atoms with E-state index in [9.17, 15) is 49.6 Å². The molecule has 0 bridgehead atoms. The highest BCUT2D eigenvalue weighted by Crippen LogP contribution is 2.61. The number of aromatic nitrogens is 4. The number of phosphoric acid groups is 2. The number of rotatable bonds is 10. The zero-order valence-corrected chi connectivity index (χ0v) is 21.8. The van der Waals surface area contributed by atoms with Gasteiger partial charge in [0.2, 0.25) is 0 Å². The van der Waals surface area contributed by atoms with Crippen LogP contribution in [0.2, 0.25) is 0 Å².